The van der Waals surface area contributed by atoms with Crippen molar-refractivity contribution in [1.29, 1.82) is 0 Å². The molecule has 0 amide bonds. The molecule has 10 heavy (non-hydrogen) atoms. The van der Waals surface area contributed by atoms with Crippen LogP contribution in [-0.4, -0.2) is 11.5 Å². The molecule has 0 aromatic carbocycles. The molecule has 1 fully saturated rings. The maximum absolute atomic E-state index is 12.3. The third kappa shape index (κ3) is 1.45. The number of alkyl halides is 2. The van der Waals surface area contributed by atoms with Crippen molar-refractivity contribution < 1.29 is 8.78 Å². The quantitative estimate of drug-likeness (QED) is 0.637. The summed E-state index contributed by atoms with van der Waals surface area (Å²) in [4.78, 5) is 0. The van der Waals surface area contributed by atoms with E-state index in [2.05, 4.69) is 0 Å². The topological polar surface area (TPSA) is 26.0 Å². The first-order chi connectivity index (χ1) is 4.47. The fourth-order valence-electron chi connectivity index (χ4n) is 1.65. The molecule has 0 unspecified atom stereocenters. The van der Waals surface area contributed by atoms with Crippen LogP contribution in [0.4, 0.5) is 8.78 Å². The maximum Gasteiger partial charge on any atom is 0.251 e. The van der Waals surface area contributed by atoms with E-state index in [4.69, 9.17) is 5.73 Å². The predicted octanol–water partition coefficient (Wildman–Crippen LogP) is 1.91. The van der Waals surface area contributed by atoms with Gasteiger partial charge >= 0.3 is 0 Å². The molecule has 1 nitrogen and oxygen atoms in total. The van der Waals surface area contributed by atoms with Crippen LogP contribution in [0.15, 0.2) is 0 Å². The average Bonchev–Trinajstić information content (AvgIpc) is 1.58. The SMILES string of the molecule is CCCC1(N)CC(F)(F)C1. The van der Waals surface area contributed by atoms with Gasteiger partial charge in [-0.3, -0.25) is 0 Å². The lowest BCUT2D eigenvalue weighted by atomic mass is 9.72. The second kappa shape index (κ2) is 2.16. The summed E-state index contributed by atoms with van der Waals surface area (Å²) in [6, 6.07) is 0. The van der Waals surface area contributed by atoms with Gasteiger partial charge in [-0.15, -0.1) is 0 Å². The molecule has 0 atom stereocenters. The van der Waals surface area contributed by atoms with Crippen molar-refractivity contribution in [1.82, 2.24) is 0 Å². The van der Waals surface area contributed by atoms with Gasteiger partial charge in [-0.1, -0.05) is 13.3 Å². The molecule has 0 aromatic rings. The van der Waals surface area contributed by atoms with Gasteiger partial charge in [-0.25, -0.2) is 8.78 Å². The first kappa shape index (κ1) is 7.92. The Labute approximate surface area is 59.6 Å². The molecule has 2 N–H and O–H groups in total. The van der Waals surface area contributed by atoms with Gasteiger partial charge in [-0.2, -0.15) is 0 Å². The minimum atomic E-state index is -2.47. The molecular formula is C7H13F2N. The van der Waals surface area contributed by atoms with Crippen molar-refractivity contribution in [2.75, 3.05) is 0 Å². The number of halogens is 2. The van der Waals surface area contributed by atoms with E-state index in [0.717, 1.165) is 12.8 Å². The van der Waals surface area contributed by atoms with Crippen LogP contribution in [0.2, 0.25) is 0 Å². The Morgan fingerprint density at radius 1 is 1.40 bits per heavy atom. The molecule has 0 heterocycles. The summed E-state index contributed by atoms with van der Waals surface area (Å²) in [5.74, 6) is -2.47. The zero-order valence-corrected chi connectivity index (χ0v) is 6.16. The summed E-state index contributed by atoms with van der Waals surface area (Å²) < 4.78 is 24.6. The molecule has 3 heteroatoms. The largest absolute Gasteiger partial charge is 0.325 e. The summed E-state index contributed by atoms with van der Waals surface area (Å²) >= 11 is 0. The summed E-state index contributed by atoms with van der Waals surface area (Å²) in [5.41, 5.74) is 5.07. The lowest BCUT2D eigenvalue weighted by Gasteiger charge is -2.44. The van der Waals surface area contributed by atoms with Crippen molar-refractivity contribution in [2.45, 2.75) is 44.1 Å². The van der Waals surface area contributed by atoms with Gasteiger partial charge in [0.25, 0.3) is 5.92 Å². The van der Waals surface area contributed by atoms with Gasteiger partial charge < -0.3 is 5.73 Å². The molecule has 0 spiro atoms. The highest BCUT2D eigenvalue weighted by molar-refractivity contribution is 5.02. The Morgan fingerprint density at radius 3 is 2.20 bits per heavy atom. The number of nitrogens with two attached hydrogens (primary N) is 1. The van der Waals surface area contributed by atoms with Gasteiger partial charge in [-0.05, 0) is 6.42 Å². The van der Waals surface area contributed by atoms with Crippen LogP contribution < -0.4 is 5.73 Å². The van der Waals surface area contributed by atoms with E-state index in [9.17, 15) is 8.78 Å². The second-order valence-corrected chi connectivity index (χ2v) is 3.32. The van der Waals surface area contributed by atoms with Crippen LogP contribution in [-0.2, 0) is 0 Å². The van der Waals surface area contributed by atoms with E-state index in [1.807, 2.05) is 6.92 Å². The molecule has 0 aromatic heterocycles. The van der Waals surface area contributed by atoms with E-state index < -0.39 is 11.5 Å². The van der Waals surface area contributed by atoms with Gasteiger partial charge in [0.1, 0.15) is 0 Å². The Morgan fingerprint density at radius 2 is 1.90 bits per heavy atom. The first-order valence-electron chi connectivity index (χ1n) is 3.64. The van der Waals surface area contributed by atoms with Gasteiger partial charge in [0, 0.05) is 18.4 Å². The molecule has 0 bridgehead atoms. The van der Waals surface area contributed by atoms with Crippen molar-refractivity contribution in [2.24, 2.45) is 5.73 Å². The Kier molecular flexibility index (Phi) is 1.71. The third-order valence-electron chi connectivity index (χ3n) is 1.97. The number of hydrogen-bond donors (Lipinski definition) is 1. The molecular weight excluding hydrogens is 136 g/mol. The smallest absolute Gasteiger partial charge is 0.251 e. The normalized spacial score (nSPS) is 27.6. The van der Waals surface area contributed by atoms with Gasteiger partial charge in [0.15, 0.2) is 0 Å². The van der Waals surface area contributed by atoms with Crippen LogP contribution in [0.25, 0.3) is 0 Å². The summed E-state index contributed by atoms with van der Waals surface area (Å²) in [7, 11) is 0. The molecule has 0 radical (unpaired) electrons. The zero-order valence-electron chi connectivity index (χ0n) is 6.16. The monoisotopic (exact) mass is 149 g/mol. The lowest BCUT2D eigenvalue weighted by Crippen LogP contribution is -2.57. The Bertz CT molecular complexity index is 126. The summed E-state index contributed by atoms with van der Waals surface area (Å²) in [5, 5.41) is 0. The summed E-state index contributed by atoms with van der Waals surface area (Å²) in [6.07, 6.45) is 1.39. The minimum absolute atomic E-state index is 0.117. The second-order valence-electron chi connectivity index (χ2n) is 3.32. The van der Waals surface area contributed by atoms with Crippen molar-refractivity contribution >= 4 is 0 Å². The zero-order chi connectivity index (χ0) is 7.83. The van der Waals surface area contributed by atoms with Crippen LogP contribution in [0.3, 0.4) is 0 Å². The fraction of sp³-hybridized carbons (Fsp3) is 1.00. The molecule has 1 aliphatic rings. The Balaban J connectivity index is 2.34. The van der Waals surface area contributed by atoms with E-state index in [1.165, 1.54) is 0 Å². The predicted molar refractivity (Wildman–Crippen MR) is 36.0 cm³/mol. The van der Waals surface area contributed by atoms with Crippen LogP contribution in [0.5, 0.6) is 0 Å². The minimum Gasteiger partial charge on any atom is -0.325 e. The highest BCUT2D eigenvalue weighted by Crippen LogP contribution is 2.46. The van der Waals surface area contributed by atoms with Crippen LogP contribution in [0, 0.1) is 0 Å². The molecule has 60 valence electrons. The van der Waals surface area contributed by atoms with Crippen molar-refractivity contribution in [3.8, 4) is 0 Å². The molecule has 1 rings (SSSR count). The fourth-order valence-corrected chi connectivity index (χ4v) is 1.65. The van der Waals surface area contributed by atoms with Crippen molar-refractivity contribution in [3.63, 3.8) is 0 Å². The average molecular weight is 149 g/mol. The van der Waals surface area contributed by atoms with Crippen molar-refractivity contribution in [3.05, 3.63) is 0 Å². The van der Waals surface area contributed by atoms with Gasteiger partial charge in [0.05, 0.1) is 0 Å². The first-order valence-corrected chi connectivity index (χ1v) is 3.64. The highest BCUT2D eigenvalue weighted by atomic mass is 19.3. The van der Waals surface area contributed by atoms with E-state index in [1.54, 1.807) is 0 Å². The third-order valence-corrected chi connectivity index (χ3v) is 1.97. The summed E-state index contributed by atoms with van der Waals surface area (Å²) in [6.45, 7) is 1.96. The van der Waals surface area contributed by atoms with Gasteiger partial charge in [0.2, 0.25) is 0 Å². The van der Waals surface area contributed by atoms with Crippen LogP contribution >= 0.6 is 0 Å². The van der Waals surface area contributed by atoms with E-state index in [0.29, 0.717) is 0 Å². The molecule has 1 saturated carbocycles. The molecule has 0 saturated heterocycles. The Hall–Kier alpha value is -0.180. The lowest BCUT2D eigenvalue weighted by molar-refractivity contribution is -0.124. The molecule has 0 aliphatic heterocycles. The van der Waals surface area contributed by atoms with E-state index in [-0.39, 0.29) is 12.8 Å². The highest BCUT2D eigenvalue weighted by Gasteiger charge is 2.53. The molecule has 1 aliphatic carbocycles. The number of hydrogen-bond acceptors (Lipinski definition) is 1. The van der Waals surface area contributed by atoms with Crippen LogP contribution in [0.1, 0.15) is 32.6 Å². The maximum atomic E-state index is 12.3. The van der Waals surface area contributed by atoms with E-state index >= 15 is 0 Å². The standard InChI is InChI=1S/C7H13F2N/c1-2-3-6(10)4-7(8,9)5-6/h2-5,10H2,1H3. The number of rotatable bonds is 2.